The van der Waals surface area contributed by atoms with Gasteiger partial charge in [0.1, 0.15) is 5.82 Å². The average molecular weight is 413 g/mol. The van der Waals surface area contributed by atoms with Crippen LogP contribution in [0.3, 0.4) is 0 Å². The monoisotopic (exact) mass is 413 g/mol. The number of amides is 1. The Kier molecular flexibility index (Phi) is 5.61. The molecule has 0 spiro atoms. The molecule has 1 amide bonds. The number of nitrogens with one attached hydrogen (secondary N) is 1. The number of rotatable bonds is 6. The first-order chi connectivity index (χ1) is 14.5. The summed E-state index contributed by atoms with van der Waals surface area (Å²) >= 11 is 0. The molecule has 4 rings (SSSR count). The predicted molar refractivity (Wildman–Crippen MR) is 107 cm³/mol. The minimum absolute atomic E-state index is 0.180. The van der Waals surface area contributed by atoms with Crippen LogP contribution in [0.15, 0.2) is 42.5 Å². The largest absolute Gasteiger partial charge is 0.455 e. The van der Waals surface area contributed by atoms with Gasteiger partial charge in [-0.3, -0.25) is 9.59 Å². The van der Waals surface area contributed by atoms with Crippen molar-refractivity contribution in [2.75, 3.05) is 13.4 Å². The molecule has 2 aromatic rings. The lowest BCUT2D eigenvalue weighted by Gasteiger charge is -2.27. The van der Waals surface area contributed by atoms with E-state index in [1.54, 1.807) is 24.3 Å². The molecule has 0 bridgehead atoms. The van der Waals surface area contributed by atoms with Crippen molar-refractivity contribution >= 4 is 11.9 Å². The molecule has 1 atom stereocenters. The summed E-state index contributed by atoms with van der Waals surface area (Å²) in [6, 6.07) is 11.4. The standard InChI is InChI=1S/C23H24FNO5/c1-15(16-8-9-19-20(12-16)30-14-29-19)25-21(26)13-28-22(27)23(10-4-5-11-23)17-6-2-3-7-18(17)24/h2-3,6-9,12,15H,4-5,10-11,13-14H2,1H3,(H,25,26). The molecule has 0 radical (unpaired) electrons. The summed E-state index contributed by atoms with van der Waals surface area (Å²) in [5.41, 5.74) is 0.174. The molecular formula is C23H24FNO5. The summed E-state index contributed by atoms with van der Waals surface area (Å²) in [6.45, 7) is 1.60. The zero-order valence-electron chi connectivity index (χ0n) is 16.8. The van der Waals surface area contributed by atoms with Gasteiger partial charge in [-0.15, -0.1) is 0 Å². The van der Waals surface area contributed by atoms with Crippen LogP contribution in [0.1, 0.15) is 49.8 Å². The molecule has 1 fully saturated rings. The van der Waals surface area contributed by atoms with E-state index in [-0.39, 0.29) is 12.8 Å². The van der Waals surface area contributed by atoms with Gasteiger partial charge in [0.05, 0.1) is 11.5 Å². The van der Waals surface area contributed by atoms with Crippen LogP contribution in [0.2, 0.25) is 0 Å². The van der Waals surface area contributed by atoms with Gasteiger partial charge in [0.25, 0.3) is 5.91 Å². The van der Waals surface area contributed by atoms with E-state index in [2.05, 4.69) is 5.32 Å². The maximum absolute atomic E-state index is 14.4. The molecule has 0 saturated heterocycles. The zero-order valence-corrected chi connectivity index (χ0v) is 16.8. The fourth-order valence-corrected chi connectivity index (χ4v) is 4.23. The van der Waals surface area contributed by atoms with E-state index in [9.17, 15) is 14.0 Å². The Morgan fingerprint density at radius 2 is 1.87 bits per heavy atom. The summed E-state index contributed by atoms with van der Waals surface area (Å²) < 4.78 is 30.4. The van der Waals surface area contributed by atoms with Crippen molar-refractivity contribution in [1.29, 1.82) is 0 Å². The van der Waals surface area contributed by atoms with Crippen LogP contribution < -0.4 is 14.8 Å². The van der Waals surface area contributed by atoms with E-state index in [1.165, 1.54) is 6.07 Å². The van der Waals surface area contributed by atoms with Crippen LogP contribution in [0, 0.1) is 5.82 Å². The van der Waals surface area contributed by atoms with Crippen molar-refractivity contribution in [3.8, 4) is 11.5 Å². The topological polar surface area (TPSA) is 73.9 Å². The number of hydrogen-bond donors (Lipinski definition) is 1. The van der Waals surface area contributed by atoms with Crippen molar-refractivity contribution in [1.82, 2.24) is 5.32 Å². The fraction of sp³-hybridized carbons (Fsp3) is 0.391. The van der Waals surface area contributed by atoms with Crippen molar-refractivity contribution in [2.24, 2.45) is 0 Å². The van der Waals surface area contributed by atoms with E-state index in [0.29, 0.717) is 29.9 Å². The van der Waals surface area contributed by atoms with Crippen molar-refractivity contribution < 1.29 is 28.2 Å². The minimum atomic E-state index is -1.02. The molecule has 158 valence electrons. The molecule has 1 N–H and O–H groups in total. The van der Waals surface area contributed by atoms with E-state index < -0.39 is 29.7 Å². The van der Waals surface area contributed by atoms with Crippen molar-refractivity contribution in [2.45, 2.75) is 44.1 Å². The Labute approximate surface area is 174 Å². The first-order valence-corrected chi connectivity index (χ1v) is 10.1. The number of carbonyl (C=O) groups excluding carboxylic acids is 2. The van der Waals surface area contributed by atoms with Gasteiger partial charge < -0.3 is 19.5 Å². The lowest BCUT2D eigenvalue weighted by Crippen LogP contribution is -2.38. The number of fused-ring (bicyclic) bond motifs is 1. The Bertz CT molecular complexity index is 954. The highest BCUT2D eigenvalue weighted by Gasteiger charge is 2.46. The van der Waals surface area contributed by atoms with E-state index >= 15 is 0 Å². The number of carbonyl (C=O) groups is 2. The summed E-state index contributed by atoms with van der Waals surface area (Å²) in [6.07, 6.45) is 2.66. The van der Waals surface area contributed by atoms with Gasteiger partial charge >= 0.3 is 5.97 Å². The van der Waals surface area contributed by atoms with Crippen molar-refractivity contribution in [3.63, 3.8) is 0 Å². The molecule has 1 unspecified atom stereocenters. The van der Waals surface area contributed by atoms with E-state index in [4.69, 9.17) is 14.2 Å². The Morgan fingerprint density at radius 1 is 1.13 bits per heavy atom. The quantitative estimate of drug-likeness (QED) is 0.730. The predicted octanol–water partition coefficient (Wildman–Crippen LogP) is 3.79. The third kappa shape index (κ3) is 3.84. The second kappa shape index (κ2) is 8.34. The molecule has 30 heavy (non-hydrogen) atoms. The van der Waals surface area contributed by atoms with Gasteiger partial charge in [0.2, 0.25) is 6.79 Å². The normalized spacial score (nSPS) is 17.4. The highest BCUT2D eigenvalue weighted by molar-refractivity contribution is 5.87. The SMILES string of the molecule is CC(NC(=O)COC(=O)C1(c2ccccc2F)CCCC1)c1ccc2c(c1)OCO2. The zero-order chi connectivity index (χ0) is 21.1. The van der Waals surface area contributed by atoms with Crippen LogP contribution in [-0.4, -0.2) is 25.3 Å². The van der Waals surface area contributed by atoms with Crippen molar-refractivity contribution in [3.05, 3.63) is 59.4 Å². The van der Waals surface area contributed by atoms with Crippen LogP contribution in [0.4, 0.5) is 4.39 Å². The molecule has 7 heteroatoms. The molecule has 2 aromatic carbocycles. The third-order valence-corrected chi connectivity index (χ3v) is 5.85. The highest BCUT2D eigenvalue weighted by atomic mass is 19.1. The molecule has 1 aliphatic heterocycles. The van der Waals surface area contributed by atoms with Crippen LogP contribution in [0.25, 0.3) is 0 Å². The molecule has 1 aliphatic carbocycles. The molecule has 6 nitrogen and oxygen atoms in total. The second-order valence-corrected chi connectivity index (χ2v) is 7.75. The van der Waals surface area contributed by atoms with Gasteiger partial charge in [-0.05, 0) is 43.5 Å². The lowest BCUT2D eigenvalue weighted by molar-refractivity contribution is -0.154. The van der Waals surface area contributed by atoms with Crippen LogP contribution in [0.5, 0.6) is 11.5 Å². The van der Waals surface area contributed by atoms with Gasteiger partial charge in [-0.2, -0.15) is 0 Å². The van der Waals surface area contributed by atoms with E-state index in [0.717, 1.165) is 18.4 Å². The highest BCUT2D eigenvalue weighted by Crippen LogP contribution is 2.43. The van der Waals surface area contributed by atoms with Crippen LogP contribution >= 0.6 is 0 Å². The maximum Gasteiger partial charge on any atom is 0.317 e. The number of hydrogen-bond acceptors (Lipinski definition) is 5. The maximum atomic E-state index is 14.4. The smallest absolute Gasteiger partial charge is 0.317 e. The Hall–Kier alpha value is -3.09. The van der Waals surface area contributed by atoms with Gasteiger partial charge in [0, 0.05) is 5.56 Å². The molecule has 1 heterocycles. The average Bonchev–Trinajstić information content (AvgIpc) is 3.42. The third-order valence-electron chi connectivity index (χ3n) is 5.85. The number of esters is 1. The molecule has 2 aliphatic rings. The Balaban J connectivity index is 1.38. The summed E-state index contributed by atoms with van der Waals surface area (Å²) in [7, 11) is 0. The summed E-state index contributed by atoms with van der Waals surface area (Å²) in [5, 5.41) is 2.81. The lowest BCUT2D eigenvalue weighted by atomic mass is 9.78. The second-order valence-electron chi connectivity index (χ2n) is 7.75. The minimum Gasteiger partial charge on any atom is -0.455 e. The van der Waals surface area contributed by atoms with Gasteiger partial charge in [-0.1, -0.05) is 37.1 Å². The molecular weight excluding hydrogens is 389 g/mol. The number of halogens is 1. The summed E-state index contributed by atoms with van der Waals surface area (Å²) in [4.78, 5) is 25.3. The van der Waals surface area contributed by atoms with Gasteiger partial charge in [0.15, 0.2) is 18.1 Å². The molecule has 0 aromatic heterocycles. The number of ether oxygens (including phenoxy) is 3. The number of benzene rings is 2. The first-order valence-electron chi connectivity index (χ1n) is 10.1. The van der Waals surface area contributed by atoms with Crippen LogP contribution in [-0.2, 0) is 19.7 Å². The van der Waals surface area contributed by atoms with E-state index in [1.807, 2.05) is 19.1 Å². The first kappa shape index (κ1) is 20.2. The summed E-state index contributed by atoms with van der Waals surface area (Å²) in [5.74, 6) is -0.0855. The molecule has 1 saturated carbocycles. The fourth-order valence-electron chi connectivity index (χ4n) is 4.23. The van der Waals surface area contributed by atoms with Gasteiger partial charge in [-0.25, -0.2) is 4.39 Å². The Morgan fingerprint density at radius 3 is 2.63 bits per heavy atom.